The predicted octanol–water partition coefficient (Wildman–Crippen LogP) is 6.56. The van der Waals surface area contributed by atoms with Crippen molar-refractivity contribution in [3.63, 3.8) is 0 Å². The van der Waals surface area contributed by atoms with Gasteiger partial charge in [0.2, 0.25) is 12.7 Å². The van der Waals surface area contributed by atoms with E-state index < -0.39 is 23.6 Å². The average Bonchev–Trinajstić information content (AvgIpc) is 3.45. The number of carbonyl (C=O) groups excluding carboxylic acids is 2. The van der Waals surface area contributed by atoms with Gasteiger partial charge < -0.3 is 29.0 Å². The van der Waals surface area contributed by atoms with Gasteiger partial charge in [-0.2, -0.15) is 0 Å². The summed E-state index contributed by atoms with van der Waals surface area (Å²) in [6.07, 6.45) is 1.86. The Morgan fingerprint density at radius 3 is 2.55 bits per heavy atom. The molecule has 0 spiro atoms. The molecule has 12 heteroatoms. The molecule has 0 fully saturated rings. The Hall–Kier alpha value is -4.64. The molecule has 1 aliphatic rings. The monoisotopic (exact) mass is 625 g/mol. The summed E-state index contributed by atoms with van der Waals surface area (Å²) < 4.78 is 44.3. The summed E-state index contributed by atoms with van der Waals surface area (Å²) in [6.45, 7) is 3.75. The van der Waals surface area contributed by atoms with Crippen LogP contribution in [0.3, 0.4) is 0 Å². The minimum atomic E-state index is -0.943. The molecule has 0 radical (unpaired) electrons. The van der Waals surface area contributed by atoms with E-state index >= 15 is 0 Å². The number of carbonyl (C=O) groups is 2. The molecular formula is C32H30ClF2N3O6. The van der Waals surface area contributed by atoms with Gasteiger partial charge in [-0.15, -0.1) is 0 Å². The summed E-state index contributed by atoms with van der Waals surface area (Å²) in [7, 11) is 0. The van der Waals surface area contributed by atoms with Gasteiger partial charge in [-0.05, 0) is 60.4 Å². The van der Waals surface area contributed by atoms with Crippen LogP contribution in [0.1, 0.15) is 31.4 Å². The van der Waals surface area contributed by atoms with Crippen molar-refractivity contribution in [3.8, 4) is 11.5 Å². The number of halogens is 3. The lowest BCUT2D eigenvalue weighted by molar-refractivity contribution is -0.133. The quantitative estimate of drug-likeness (QED) is 0.214. The van der Waals surface area contributed by atoms with Crippen LogP contribution in [0.4, 0.5) is 19.3 Å². The molecule has 0 aliphatic carbocycles. The third kappa shape index (κ3) is 7.28. The van der Waals surface area contributed by atoms with E-state index in [4.69, 9.17) is 25.5 Å². The van der Waals surface area contributed by atoms with Crippen molar-refractivity contribution in [3.05, 3.63) is 98.9 Å². The molecule has 3 aromatic carbocycles. The van der Waals surface area contributed by atoms with Crippen LogP contribution in [-0.4, -0.2) is 41.6 Å². The van der Waals surface area contributed by atoms with Gasteiger partial charge in [0, 0.05) is 24.2 Å². The lowest BCUT2D eigenvalue weighted by Crippen LogP contribution is -2.45. The summed E-state index contributed by atoms with van der Waals surface area (Å²) in [4.78, 5) is 43.3. The number of amides is 3. The molecular weight excluding hydrogens is 596 g/mol. The zero-order valence-electron chi connectivity index (χ0n) is 24.1. The van der Waals surface area contributed by atoms with E-state index in [0.29, 0.717) is 40.2 Å². The minimum Gasteiger partial charge on any atom is -0.464 e. The van der Waals surface area contributed by atoms with Gasteiger partial charge in [0.05, 0.1) is 29.4 Å². The minimum absolute atomic E-state index is 0.0642. The first-order valence-corrected chi connectivity index (χ1v) is 14.3. The first-order valence-electron chi connectivity index (χ1n) is 13.9. The summed E-state index contributed by atoms with van der Waals surface area (Å²) in [6, 6.07) is 12.0. The van der Waals surface area contributed by atoms with E-state index in [1.807, 2.05) is 13.8 Å². The summed E-state index contributed by atoms with van der Waals surface area (Å²) in [5.41, 5.74) is 0.686. The fraction of sp³-hybridized carbons (Fsp3) is 0.281. The van der Waals surface area contributed by atoms with Crippen molar-refractivity contribution in [1.82, 2.24) is 9.80 Å². The highest BCUT2D eigenvalue weighted by Crippen LogP contribution is 2.33. The van der Waals surface area contributed by atoms with E-state index in [1.54, 1.807) is 30.3 Å². The lowest BCUT2D eigenvalue weighted by Gasteiger charge is -2.28. The molecule has 0 saturated heterocycles. The van der Waals surface area contributed by atoms with Crippen LogP contribution in [0, 0.1) is 17.6 Å². The van der Waals surface area contributed by atoms with Crippen molar-refractivity contribution >= 4 is 40.2 Å². The topological polar surface area (TPSA) is 101 Å². The Morgan fingerprint density at radius 2 is 1.77 bits per heavy atom. The fourth-order valence-electron chi connectivity index (χ4n) is 4.66. The number of ether oxygens (including phenoxy) is 2. The molecule has 1 aromatic heterocycles. The van der Waals surface area contributed by atoms with Crippen molar-refractivity contribution in [2.45, 2.75) is 33.4 Å². The van der Waals surface area contributed by atoms with Crippen molar-refractivity contribution < 1.29 is 32.3 Å². The number of rotatable bonds is 10. The van der Waals surface area contributed by atoms with Gasteiger partial charge in [0.15, 0.2) is 16.9 Å². The number of hydrogen-bond donors (Lipinski definition) is 1. The maximum Gasteiger partial charge on any atom is 0.322 e. The average molecular weight is 626 g/mol. The highest BCUT2D eigenvalue weighted by molar-refractivity contribution is 6.31. The summed E-state index contributed by atoms with van der Waals surface area (Å²) >= 11 is 6.11. The second-order valence-electron chi connectivity index (χ2n) is 10.8. The fourth-order valence-corrected chi connectivity index (χ4v) is 4.84. The molecule has 44 heavy (non-hydrogen) atoms. The van der Waals surface area contributed by atoms with E-state index in [1.165, 1.54) is 22.1 Å². The van der Waals surface area contributed by atoms with Crippen molar-refractivity contribution in [1.29, 1.82) is 0 Å². The van der Waals surface area contributed by atoms with Gasteiger partial charge in [-0.25, -0.2) is 13.6 Å². The highest BCUT2D eigenvalue weighted by Gasteiger charge is 2.25. The second kappa shape index (κ2) is 13.3. The Bertz CT molecular complexity index is 1760. The van der Waals surface area contributed by atoms with Gasteiger partial charge in [0.25, 0.3) is 0 Å². The largest absolute Gasteiger partial charge is 0.464 e. The number of anilines is 1. The van der Waals surface area contributed by atoms with E-state index in [-0.39, 0.29) is 61.0 Å². The molecule has 1 aliphatic heterocycles. The van der Waals surface area contributed by atoms with Crippen LogP contribution in [-0.2, 0) is 17.9 Å². The van der Waals surface area contributed by atoms with Gasteiger partial charge in [-0.1, -0.05) is 31.5 Å². The molecule has 230 valence electrons. The second-order valence-corrected chi connectivity index (χ2v) is 11.3. The van der Waals surface area contributed by atoms with E-state index in [9.17, 15) is 23.2 Å². The first kappa shape index (κ1) is 30.8. The Morgan fingerprint density at radius 1 is 0.977 bits per heavy atom. The Kier molecular flexibility index (Phi) is 9.34. The zero-order chi connectivity index (χ0) is 31.4. The van der Waals surface area contributed by atoms with Crippen LogP contribution >= 0.6 is 11.6 Å². The number of urea groups is 1. The van der Waals surface area contributed by atoms with Crippen LogP contribution in [0.2, 0.25) is 5.02 Å². The Labute approximate surface area is 256 Å². The molecule has 3 amide bonds. The van der Waals surface area contributed by atoms with Gasteiger partial charge in [0.1, 0.15) is 23.8 Å². The molecule has 0 saturated carbocycles. The SMILES string of the molecule is CC(C)CCN(CC(=O)N(Cc1ccc2c(c1)OCO2)Cc1coc2ccc(Cl)cc2c1=O)C(=O)Nc1ccc(F)cc1F. The standard InChI is InChI=1S/C32H30ClF2N3O6/c1-19(2)9-10-37(32(41)36-26-6-5-23(34)13-25(26)35)16-30(39)38(14-20-3-7-28-29(11-20)44-18-43-28)15-21-17-42-27-8-4-22(33)12-24(27)31(21)40/h3-8,11-13,17,19H,9-10,14-16,18H2,1-2H3,(H,36,41). The van der Waals surface area contributed by atoms with Crippen LogP contribution in [0.15, 0.2) is 70.1 Å². The van der Waals surface area contributed by atoms with E-state index in [0.717, 1.165) is 12.1 Å². The van der Waals surface area contributed by atoms with Crippen molar-refractivity contribution in [2.75, 3.05) is 25.2 Å². The number of nitrogens with zero attached hydrogens (tertiary/aromatic N) is 2. The smallest absolute Gasteiger partial charge is 0.322 e. The lowest BCUT2D eigenvalue weighted by atomic mass is 10.1. The summed E-state index contributed by atoms with van der Waals surface area (Å²) in [5, 5.41) is 3.06. The maximum atomic E-state index is 14.3. The molecule has 5 rings (SSSR count). The van der Waals surface area contributed by atoms with E-state index in [2.05, 4.69) is 5.32 Å². The number of nitrogens with one attached hydrogen (secondary N) is 1. The van der Waals surface area contributed by atoms with Crippen LogP contribution in [0.25, 0.3) is 11.0 Å². The highest BCUT2D eigenvalue weighted by atomic mass is 35.5. The molecule has 0 unspecified atom stereocenters. The molecule has 1 N–H and O–H groups in total. The third-order valence-corrected chi connectivity index (χ3v) is 7.33. The number of hydrogen-bond acceptors (Lipinski definition) is 6. The normalized spacial score (nSPS) is 12.0. The first-order chi connectivity index (χ1) is 21.1. The maximum absolute atomic E-state index is 14.3. The van der Waals surface area contributed by atoms with Gasteiger partial charge in [-0.3, -0.25) is 9.59 Å². The molecule has 4 aromatic rings. The Balaban J connectivity index is 1.43. The predicted molar refractivity (Wildman–Crippen MR) is 161 cm³/mol. The molecule has 2 heterocycles. The molecule has 0 atom stereocenters. The number of benzene rings is 3. The zero-order valence-corrected chi connectivity index (χ0v) is 24.8. The van der Waals surface area contributed by atoms with Crippen molar-refractivity contribution in [2.24, 2.45) is 5.92 Å². The number of fused-ring (bicyclic) bond motifs is 2. The van der Waals surface area contributed by atoms with Gasteiger partial charge >= 0.3 is 6.03 Å². The molecule has 9 nitrogen and oxygen atoms in total. The molecule has 0 bridgehead atoms. The van der Waals surface area contributed by atoms with Crippen LogP contribution in [0.5, 0.6) is 11.5 Å². The summed E-state index contributed by atoms with van der Waals surface area (Å²) in [5.74, 6) is -0.918. The third-order valence-electron chi connectivity index (χ3n) is 7.09. The van der Waals surface area contributed by atoms with Crippen LogP contribution < -0.4 is 20.2 Å².